The number of aryl methyl sites for hydroxylation is 1. The molecular formula is C24H30N2O4. The molecule has 0 aliphatic carbocycles. The summed E-state index contributed by atoms with van der Waals surface area (Å²) in [7, 11) is 5.67. The van der Waals surface area contributed by atoms with E-state index in [0.717, 1.165) is 30.8 Å². The van der Waals surface area contributed by atoms with Gasteiger partial charge in [-0.1, -0.05) is 24.3 Å². The lowest BCUT2D eigenvalue weighted by molar-refractivity contribution is -0.132. The Bertz CT molecular complexity index is 910. The number of anilines is 1. The van der Waals surface area contributed by atoms with Crippen molar-refractivity contribution in [3.05, 3.63) is 53.6 Å². The molecule has 1 unspecified atom stereocenters. The van der Waals surface area contributed by atoms with Gasteiger partial charge in [-0.15, -0.1) is 0 Å². The average Bonchev–Trinajstić information content (AvgIpc) is 2.71. The van der Waals surface area contributed by atoms with Crippen molar-refractivity contribution >= 4 is 17.6 Å². The minimum Gasteiger partial charge on any atom is -0.493 e. The van der Waals surface area contributed by atoms with E-state index >= 15 is 0 Å². The fraction of sp³-hybridized carbons (Fsp3) is 0.417. The molecule has 0 bridgehead atoms. The number of para-hydroxylation sites is 1. The number of ether oxygens (including phenoxy) is 2. The monoisotopic (exact) mass is 410 g/mol. The molecule has 0 saturated heterocycles. The number of rotatable bonds is 7. The second kappa shape index (κ2) is 9.76. The van der Waals surface area contributed by atoms with E-state index in [4.69, 9.17) is 9.47 Å². The molecule has 6 nitrogen and oxygen atoms in total. The van der Waals surface area contributed by atoms with Crippen LogP contribution in [0.5, 0.6) is 11.5 Å². The van der Waals surface area contributed by atoms with Crippen molar-refractivity contribution in [3.8, 4) is 11.5 Å². The predicted molar refractivity (Wildman–Crippen MR) is 117 cm³/mol. The molecule has 0 N–H and O–H groups in total. The Labute approximate surface area is 178 Å². The number of methoxy groups -OCH3 is 1. The summed E-state index contributed by atoms with van der Waals surface area (Å²) < 4.78 is 10.5. The minimum atomic E-state index is -0.396. The SMILES string of the molecule is COc1cc(CCC(=O)N2CC(CN(C)C)Cc3ccccc32)ccc1OC(C)=O. The first-order chi connectivity index (χ1) is 14.4. The summed E-state index contributed by atoms with van der Waals surface area (Å²) in [5.41, 5.74) is 3.22. The highest BCUT2D eigenvalue weighted by Crippen LogP contribution is 2.31. The van der Waals surface area contributed by atoms with Gasteiger partial charge in [0.25, 0.3) is 0 Å². The van der Waals surface area contributed by atoms with Gasteiger partial charge in [-0.25, -0.2) is 0 Å². The lowest BCUT2D eigenvalue weighted by atomic mass is 9.91. The maximum Gasteiger partial charge on any atom is 0.308 e. The van der Waals surface area contributed by atoms with E-state index < -0.39 is 5.97 Å². The lowest BCUT2D eigenvalue weighted by Crippen LogP contribution is -2.43. The summed E-state index contributed by atoms with van der Waals surface area (Å²) in [6, 6.07) is 13.6. The van der Waals surface area contributed by atoms with Crippen molar-refractivity contribution in [1.82, 2.24) is 4.90 Å². The fourth-order valence-electron chi connectivity index (χ4n) is 4.05. The van der Waals surface area contributed by atoms with Crippen LogP contribution in [0.3, 0.4) is 0 Å². The molecule has 1 aliphatic rings. The van der Waals surface area contributed by atoms with Crippen molar-refractivity contribution in [1.29, 1.82) is 0 Å². The molecule has 30 heavy (non-hydrogen) atoms. The van der Waals surface area contributed by atoms with E-state index in [1.807, 2.05) is 35.2 Å². The first-order valence-corrected chi connectivity index (χ1v) is 10.3. The number of carbonyl (C=O) groups is 2. The summed E-state index contributed by atoms with van der Waals surface area (Å²) in [5.74, 6) is 1.02. The molecule has 1 amide bonds. The normalized spacial score (nSPS) is 15.6. The first kappa shape index (κ1) is 21.8. The minimum absolute atomic E-state index is 0.119. The molecule has 0 fully saturated rings. The molecule has 6 heteroatoms. The van der Waals surface area contributed by atoms with Crippen molar-refractivity contribution < 1.29 is 19.1 Å². The Morgan fingerprint density at radius 3 is 2.60 bits per heavy atom. The molecule has 3 rings (SSSR count). The van der Waals surface area contributed by atoms with E-state index in [0.29, 0.717) is 30.3 Å². The second-order valence-corrected chi connectivity index (χ2v) is 8.04. The van der Waals surface area contributed by atoms with E-state index in [9.17, 15) is 9.59 Å². The molecule has 1 atom stereocenters. The number of carbonyl (C=O) groups excluding carboxylic acids is 2. The van der Waals surface area contributed by atoms with Gasteiger partial charge in [0.1, 0.15) is 0 Å². The van der Waals surface area contributed by atoms with Gasteiger partial charge < -0.3 is 19.3 Å². The Kier molecular flexibility index (Phi) is 7.11. The highest BCUT2D eigenvalue weighted by Gasteiger charge is 2.28. The number of hydrogen-bond donors (Lipinski definition) is 0. The van der Waals surface area contributed by atoms with Crippen LogP contribution < -0.4 is 14.4 Å². The number of fused-ring (bicyclic) bond motifs is 1. The molecule has 1 aliphatic heterocycles. The van der Waals surface area contributed by atoms with E-state index in [1.54, 1.807) is 6.07 Å². The third kappa shape index (κ3) is 5.39. The van der Waals surface area contributed by atoms with Gasteiger partial charge in [0, 0.05) is 32.1 Å². The smallest absolute Gasteiger partial charge is 0.308 e. The highest BCUT2D eigenvalue weighted by atomic mass is 16.6. The maximum atomic E-state index is 13.1. The quantitative estimate of drug-likeness (QED) is 0.518. The molecule has 0 saturated carbocycles. The lowest BCUT2D eigenvalue weighted by Gasteiger charge is -2.36. The van der Waals surface area contributed by atoms with E-state index in [-0.39, 0.29) is 5.91 Å². The summed E-state index contributed by atoms with van der Waals surface area (Å²) in [4.78, 5) is 28.5. The van der Waals surface area contributed by atoms with Gasteiger partial charge in [-0.2, -0.15) is 0 Å². The summed E-state index contributed by atoms with van der Waals surface area (Å²) in [5, 5.41) is 0. The van der Waals surface area contributed by atoms with Crippen LogP contribution in [0.15, 0.2) is 42.5 Å². The van der Waals surface area contributed by atoms with Crippen LogP contribution in [-0.2, 0) is 22.4 Å². The van der Waals surface area contributed by atoms with Crippen molar-refractivity contribution in [2.45, 2.75) is 26.2 Å². The zero-order chi connectivity index (χ0) is 21.7. The van der Waals surface area contributed by atoms with Gasteiger partial charge >= 0.3 is 5.97 Å². The Morgan fingerprint density at radius 1 is 1.13 bits per heavy atom. The third-order valence-corrected chi connectivity index (χ3v) is 5.27. The van der Waals surface area contributed by atoms with Gasteiger partial charge in [0.2, 0.25) is 5.91 Å². The van der Waals surface area contributed by atoms with Crippen molar-refractivity contribution in [2.24, 2.45) is 5.92 Å². The maximum absolute atomic E-state index is 13.1. The second-order valence-electron chi connectivity index (χ2n) is 8.04. The summed E-state index contributed by atoms with van der Waals surface area (Å²) >= 11 is 0. The Balaban J connectivity index is 1.71. The number of benzene rings is 2. The van der Waals surface area contributed by atoms with Crippen LogP contribution in [0.4, 0.5) is 5.69 Å². The number of amides is 1. The van der Waals surface area contributed by atoms with Gasteiger partial charge in [-0.05, 0) is 62.2 Å². The molecule has 2 aromatic rings. The summed E-state index contributed by atoms with van der Waals surface area (Å²) in [6.45, 7) is 3.04. The van der Waals surface area contributed by atoms with Gasteiger partial charge in [0.15, 0.2) is 11.5 Å². The topological polar surface area (TPSA) is 59.1 Å². The van der Waals surface area contributed by atoms with Crippen LogP contribution in [0.1, 0.15) is 24.5 Å². The van der Waals surface area contributed by atoms with Crippen molar-refractivity contribution in [2.75, 3.05) is 39.2 Å². The van der Waals surface area contributed by atoms with Crippen LogP contribution in [0, 0.1) is 5.92 Å². The molecule has 0 spiro atoms. The zero-order valence-corrected chi connectivity index (χ0v) is 18.2. The number of nitrogens with zero attached hydrogens (tertiary/aromatic N) is 2. The Morgan fingerprint density at radius 2 is 1.90 bits per heavy atom. The molecule has 1 heterocycles. The average molecular weight is 411 g/mol. The summed E-state index contributed by atoms with van der Waals surface area (Å²) in [6.07, 6.45) is 1.98. The van der Waals surface area contributed by atoms with E-state index in [2.05, 4.69) is 25.1 Å². The van der Waals surface area contributed by atoms with Crippen LogP contribution in [0.2, 0.25) is 0 Å². The number of hydrogen-bond acceptors (Lipinski definition) is 5. The van der Waals surface area contributed by atoms with Crippen LogP contribution >= 0.6 is 0 Å². The van der Waals surface area contributed by atoms with E-state index in [1.165, 1.54) is 19.6 Å². The van der Waals surface area contributed by atoms with Gasteiger partial charge in [-0.3, -0.25) is 9.59 Å². The zero-order valence-electron chi connectivity index (χ0n) is 18.2. The third-order valence-electron chi connectivity index (χ3n) is 5.27. The molecular weight excluding hydrogens is 380 g/mol. The first-order valence-electron chi connectivity index (χ1n) is 10.3. The molecule has 2 aromatic carbocycles. The highest BCUT2D eigenvalue weighted by molar-refractivity contribution is 5.94. The fourth-order valence-corrected chi connectivity index (χ4v) is 4.05. The van der Waals surface area contributed by atoms with Crippen molar-refractivity contribution in [3.63, 3.8) is 0 Å². The number of esters is 1. The van der Waals surface area contributed by atoms with Gasteiger partial charge in [0.05, 0.1) is 7.11 Å². The molecule has 0 radical (unpaired) electrons. The standard InChI is InChI=1S/C24H30N2O4/c1-17(27)30-22-11-9-18(14-23(22)29-4)10-12-24(28)26-16-19(15-25(2)3)13-20-7-5-6-8-21(20)26/h5-9,11,14,19H,10,12-13,15-16H2,1-4H3. The van der Waals surface area contributed by atoms with Crippen LogP contribution in [0.25, 0.3) is 0 Å². The molecule has 160 valence electrons. The Hall–Kier alpha value is -2.86. The predicted octanol–water partition coefficient (Wildman–Crippen LogP) is 3.32. The van der Waals surface area contributed by atoms with Crippen LogP contribution in [-0.4, -0.2) is 51.1 Å². The largest absolute Gasteiger partial charge is 0.493 e. The molecule has 0 aromatic heterocycles.